The fourth-order valence-corrected chi connectivity index (χ4v) is 0.388. The summed E-state index contributed by atoms with van der Waals surface area (Å²) in [6.07, 6.45) is -10.5. The van der Waals surface area contributed by atoms with E-state index in [1.807, 2.05) is 0 Å². The lowest BCUT2D eigenvalue weighted by atomic mass is 10.7. The van der Waals surface area contributed by atoms with E-state index < -0.39 is 37.9 Å². The van der Waals surface area contributed by atoms with Gasteiger partial charge in [0.05, 0.1) is 0 Å². The Bertz CT molecular complexity index is 254. The van der Waals surface area contributed by atoms with Crippen LogP contribution < -0.4 is 0 Å². The third-order valence-corrected chi connectivity index (χ3v) is 1.01. The quantitative estimate of drug-likeness (QED) is 0.331. The molecule has 0 aliphatic carbocycles. The molecule has 0 unspecified atom stereocenters. The molecule has 0 aromatic heterocycles. The first-order valence-electron chi connectivity index (χ1n) is 3.61. The van der Waals surface area contributed by atoms with Crippen LogP contribution in [0.4, 0.5) is 26.3 Å². The number of carbonyl (C=O) groups excluding carboxylic acids is 2. The van der Waals surface area contributed by atoms with Gasteiger partial charge in [-0.05, 0) is 0 Å². The third-order valence-electron chi connectivity index (χ3n) is 1.01. The van der Waals surface area contributed by atoms with Crippen LogP contribution in [0, 0.1) is 0 Å². The van der Waals surface area contributed by atoms with Crippen molar-refractivity contribution in [1.29, 1.82) is 0 Å². The Morgan fingerprint density at radius 1 is 0.765 bits per heavy atom. The van der Waals surface area contributed by atoms with Gasteiger partial charge in [-0.2, -0.15) is 26.3 Å². The predicted octanol–water partition coefficient (Wildman–Crippen LogP) is 1.13. The van der Waals surface area contributed by atoms with Crippen LogP contribution in [-0.2, 0) is 23.8 Å². The predicted molar refractivity (Wildman–Crippen MR) is 35.1 cm³/mol. The molecule has 0 amide bonds. The van der Waals surface area contributed by atoms with Crippen molar-refractivity contribution in [2.24, 2.45) is 0 Å². The van der Waals surface area contributed by atoms with Gasteiger partial charge in [-0.3, -0.25) is 0 Å². The lowest BCUT2D eigenvalue weighted by molar-refractivity contribution is -0.225. The largest absolute Gasteiger partial charge is 0.491 e. The highest BCUT2D eigenvalue weighted by atomic mass is 19.4. The van der Waals surface area contributed by atoms with Crippen LogP contribution in [0.25, 0.3) is 0 Å². The summed E-state index contributed by atoms with van der Waals surface area (Å²) >= 11 is 0. The summed E-state index contributed by atoms with van der Waals surface area (Å²) in [7, 11) is 0. The van der Waals surface area contributed by atoms with Crippen LogP contribution in [0.5, 0.6) is 0 Å². The first kappa shape index (κ1) is 15.5. The highest BCUT2D eigenvalue weighted by molar-refractivity contribution is 5.75. The Hall–Kier alpha value is -1.52. The molecule has 11 heteroatoms. The van der Waals surface area contributed by atoms with Gasteiger partial charge in [-0.1, -0.05) is 0 Å². The minimum atomic E-state index is -5.24. The molecule has 0 rings (SSSR count). The maximum Gasteiger partial charge on any atom is 0.491 e. The normalized spacial score (nSPS) is 12.1. The Kier molecular flexibility index (Phi) is 5.19. The number of hydrogen-bond donors (Lipinski definition) is 0. The monoisotopic (exact) mass is 270 g/mol. The average molecular weight is 270 g/mol. The zero-order chi connectivity index (χ0) is 13.7. The molecule has 0 aromatic carbocycles. The minimum absolute atomic E-state index is 1.30. The van der Waals surface area contributed by atoms with Crippen LogP contribution in [0.1, 0.15) is 0 Å². The van der Waals surface area contributed by atoms with Crippen molar-refractivity contribution in [2.75, 3.05) is 13.6 Å². The molecule has 0 saturated carbocycles. The molecule has 0 radical (unpaired) electrons. The maximum absolute atomic E-state index is 11.5. The van der Waals surface area contributed by atoms with E-state index in [4.69, 9.17) is 0 Å². The SMILES string of the molecule is O=C(OCOCOC(=O)C(F)(F)F)C(F)(F)F. The lowest BCUT2D eigenvalue weighted by Gasteiger charge is -2.09. The third kappa shape index (κ3) is 6.60. The molecule has 0 bridgehead atoms. The van der Waals surface area contributed by atoms with Gasteiger partial charge in [0.1, 0.15) is 0 Å². The van der Waals surface area contributed by atoms with Gasteiger partial charge in [-0.25, -0.2) is 9.59 Å². The summed E-state index contributed by atoms with van der Waals surface area (Å²) in [5.41, 5.74) is 0. The standard InChI is InChI=1S/C6H4F6O5/c7-5(8,9)3(13)16-1-15-2-17-4(14)6(10,11)12/h1-2H2. The van der Waals surface area contributed by atoms with Crippen molar-refractivity contribution in [1.82, 2.24) is 0 Å². The molecule has 0 N–H and O–H groups in total. The van der Waals surface area contributed by atoms with Crippen LogP contribution in [0.2, 0.25) is 0 Å². The highest BCUT2D eigenvalue weighted by Crippen LogP contribution is 2.17. The van der Waals surface area contributed by atoms with E-state index in [0.29, 0.717) is 0 Å². The Balaban J connectivity index is 3.68. The van der Waals surface area contributed by atoms with Crippen LogP contribution in [-0.4, -0.2) is 37.9 Å². The molecule has 17 heavy (non-hydrogen) atoms. The summed E-state index contributed by atoms with van der Waals surface area (Å²) in [4.78, 5) is 20.0. The van der Waals surface area contributed by atoms with Crippen molar-refractivity contribution in [3.63, 3.8) is 0 Å². The van der Waals surface area contributed by atoms with E-state index >= 15 is 0 Å². The van der Waals surface area contributed by atoms with E-state index in [0.717, 1.165) is 0 Å². The molecule has 0 atom stereocenters. The van der Waals surface area contributed by atoms with Crippen molar-refractivity contribution in [3.05, 3.63) is 0 Å². The molecule has 0 heterocycles. The molecular formula is C6H4F6O5. The van der Waals surface area contributed by atoms with E-state index in [1.54, 1.807) is 0 Å². The molecule has 0 aromatic rings. The second kappa shape index (κ2) is 5.70. The van der Waals surface area contributed by atoms with E-state index in [9.17, 15) is 35.9 Å². The Labute approximate surface area is 89.2 Å². The molecule has 0 aliphatic heterocycles. The van der Waals surface area contributed by atoms with Gasteiger partial charge < -0.3 is 14.2 Å². The van der Waals surface area contributed by atoms with Crippen molar-refractivity contribution in [3.8, 4) is 0 Å². The molecule has 0 spiro atoms. The van der Waals surface area contributed by atoms with Crippen LogP contribution in [0.3, 0.4) is 0 Å². The molecule has 0 fully saturated rings. The number of ether oxygens (including phenoxy) is 3. The Morgan fingerprint density at radius 3 is 1.29 bits per heavy atom. The summed E-state index contributed by atoms with van der Waals surface area (Å²) in [6.45, 7) is -2.60. The number of halogens is 6. The topological polar surface area (TPSA) is 61.8 Å². The number of rotatable bonds is 4. The summed E-state index contributed by atoms with van der Waals surface area (Å²) in [6, 6.07) is 0. The zero-order valence-electron chi connectivity index (χ0n) is 7.72. The van der Waals surface area contributed by atoms with Gasteiger partial charge >= 0.3 is 24.3 Å². The van der Waals surface area contributed by atoms with Gasteiger partial charge in [0.25, 0.3) is 0 Å². The molecule has 0 saturated heterocycles. The van der Waals surface area contributed by atoms with E-state index in [1.165, 1.54) is 0 Å². The van der Waals surface area contributed by atoms with E-state index in [2.05, 4.69) is 14.2 Å². The number of hydrogen-bond acceptors (Lipinski definition) is 5. The lowest BCUT2D eigenvalue weighted by Crippen LogP contribution is -2.28. The smallest absolute Gasteiger partial charge is 0.432 e. The second-order valence-electron chi connectivity index (χ2n) is 2.30. The van der Waals surface area contributed by atoms with Crippen molar-refractivity contribution >= 4 is 11.9 Å². The van der Waals surface area contributed by atoms with Crippen LogP contribution in [0.15, 0.2) is 0 Å². The number of alkyl halides is 6. The van der Waals surface area contributed by atoms with Crippen LogP contribution >= 0.6 is 0 Å². The van der Waals surface area contributed by atoms with E-state index in [-0.39, 0.29) is 0 Å². The molecule has 100 valence electrons. The zero-order valence-corrected chi connectivity index (χ0v) is 7.72. The summed E-state index contributed by atoms with van der Waals surface area (Å²) < 4.78 is 79.6. The van der Waals surface area contributed by atoms with Gasteiger partial charge in [0.15, 0.2) is 13.6 Å². The van der Waals surface area contributed by atoms with Gasteiger partial charge in [0.2, 0.25) is 0 Å². The van der Waals surface area contributed by atoms with Gasteiger partial charge in [0, 0.05) is 0 Å². The highest BCUT2D eigenvalue weighted by Gasteiger charge is 2.42. The molecule has 5 nitrogen and oxygen atoms in total. The van der Waals surface area contributed by atoms with Gasteiger partial charge in [-0.15, -0.1) is 0 Å². The number of carbonyl (C=O) groups is 2. The molecule has 0 aliphatic rings. The van der Waals surface area contributed by atoms with Crippen molar-refractivity contribution in [2.45, 2.75) is 12.4 Å². The summed E-state index contributed by atoms with van der Waals surface area (Å²) in [5.74, 6) is -5.17. The molecular weight excluding hydrogens is 266 g/mol. The second-order valence-corrected chi connectivity index (χ2v) is 2.30. The average Bonchev–Trinajstić information content (AvgIpc) is 2.13. The fourth-order valence-electron chi connectivity index (χ4n) is 0.388. The fraction of sp³-hybridized carbons (Fsp3) is 0.667. The maximum atomic E-state index is 11.5. The number of esters is 2. The Morgan fingerprint density at radius 2 is 1.06 bits per heavy atom. The first-order valence-corrected chi connectivity index (χ1v) is 3.61. The van der Waals surface area contributed by atoms with Crippen molar-refractivity contribution < 1.29 is 50.1 Å². The summed E-state index contributed by atoms with van der Waals surface area (Å²) in [5, 5.41) is 0. The first-order chi connectivity index (χ1) is 7.55. The minimum Gasteiger partial charge on any atom is -0.432 e.